The Labute approximate surface area is 164 Å². The predicted octanol–water partition coefficient (Wildman–Crippen LogP) is 2.19. The molecule has 142 valence electrons. The van der Waals surface area contributed by atoms with Gasteiger partial charge in [-0.3, -0.25) is 19.4 Å². The van der Waals surface area contributed by atoms with Crippen molar-refractivity contribution in [1.82, 2.24) is 25.1 Å². The largest absolute Gasteiger partial charge is 0.346 e. The van der Waals surface area contributed by atoms with E-state index in [1.54, 1.807) is 25.5 Å². The van der Waals surface area contributed by atoms with Crippen LogP contribution >= 0.6 is 11.3 Å². The number of aromatic nitrogens is 4. The molecule has 0 aromatic carbocycles. The lowest BCUT2D eigenvalue weighted by atomic mass is 10.3. The van der Waals surface area contributed by atoms with Crippen molar-refractivity contribution in [2.45, 2.75) is 16.3 Å². The Morgan fingerprint density at radius 3 is 2.71 bits per heavy atom. The molecule has 0 aliphatic heterocycles. The highest BCUT2D eigenvalue weighted by molar-refractivity contribution is 7.91. The number of thiophene rings is 1. The van der Waals surface area contributed by atoms with E-state index in [0.717, 1.165) is 10.1 Å². The lowest BCUT2D eigenvalue weighted by molar-refractivity contribution is 0.0954. The molecule has 4 heterocycles. The number of carbonyl (C=O) groups excluding carboxylic acids is 1. The zero-order chi connectivity index (χ0) is 19.7. The quantitative estimate of drug-likeness (QED) is 0.537. The van der Waals surface area contributed by atoms with Gasteiger partial charge in [-0.05, 0) is 29.7 Å². The van der Waals surface area contributed by atoms with Crippen molar-refractivity contribution in [3.05, 3.63) is 65.8 Å². The number of hydrogen-bond donors (Lipinski definition) is 1. The van der Waals surface area contributed by atoms with E-state index in [1.165, 1.54) is 40.7 Å². The molecule has 10 heteroatoms. The van der Waals surface area contributed by atoms with Gasteiger partial charge in [-0.15, -0.1) is 11.3 Å². The van der Waals surface area contributed by atoms with Crippen LogP contribution in [0.1, 0.15) is 15.4 Å². The molecule has 8 nitrogen and oxygen atoms in total. The maximum atomic E-state index is 12.5. The Bertz CT molecular complexity index is 1230. The van der Waals surface area contributed by atoms with Gasteiger partial charge in [0.15, 0.2) is 0 Å². The van der Waals surface area contributed by atoms with Crippen LogP contribution in [0, 0.1) is 0 Å². The summed E-state index contributed by atoms with van der Waals surface area (Å²) >= 11 is 1.36. The summed E-state index contributed by atoms with van der Waals surface area (Å²) in [6.45, 7) is 0.193. The number of nitrogens with one attached hydrogen (secondary N) is 1. The summed E-state index contributed by atoms with van der Waals surface area (Å²) in [6, 6.07) is 6.72. The van der Waals surface area contributed by atoms with Crippen molar-refractivity contribution in [3.8, 4) is 0 Å². The highest BCUT2D eigenvalue weighted by Gasteiger charge is 2.20. The normalized spacial score (nSPS) is 11.6. The Morgan fingerprint density at radius 1 is 1.18 bits per heavy atom. The summed E-state index contributed by atoms with van der Waals surface area (Å²) in [5.74, 6) is -0.213. The summed E-state index contributed by atoms with van der Waals surface area (Å²) in [6.07, 6.45) is 7.42. The molecule has 0 radical (unpaired) electrons. The smallest absolute Gasteiger partial charge is 0.261 e. The molecule has 0 saturated carbocycles. The second-order valence-electron chi connectivity index (χ2n) is 6.05. The van der Waals surface area contributed by atoms with E-state index in [1.807, 2.05) is 12.1 Å². The highest BCUT2D eigenvalue weighted by Crippen LogP contribution is 2.24. The molecule has 1 amide bonds. The number of carbonyl (C=O) groups is 1. The first-order valence-corrected chi connectivity index (χ1v) is 10.5. The lowest BCUT2D eigenvalue weighted by Gasteiger charge is -2.05. The van der Waals surface area contributed by atoms with Crippen LogP contribution in [0.3, 0.4) is 0 Å². The Morgan fingerprint density at radius 2 is 2.04 bits per heavy atom. The first-order valence-electron chi connectivity index (χ1n) is 8.24. The monoisotopic (exact) mass is 413 g/mol. The average molecular weight is 413 g/mol. The minimum Gasteiger partial charge on any atom is -0.346 e. The standard InChI is InChI=1S/C18H15N5O3S2/c1-23-11-15(9-22-23)28(25,26)14-3-2-13(20-8-14)7-21-18(24)16-6-12-4-5-19-10-17(12)27-16/h2-6,8-11H,7H2,1H3,(H,21,24). The molecule has 0 aliphatic rings. The fourth-order valence-corrected chi connectivity index (χ4v) is 4.74. The van der Waals surface area contributed by atoms with Gasteiger partial charge in [0, 0.05) is 31.8 Å². The second-order valence-corrected chi connectivity index (χ2v) is 9.08. The molecular formula is C18H15N5O3S2. The van der Waals surface area contributed by atoms with E-state index < -0.39 is 9.84 Å². The number of nitrogens with zero attached hydrogens (tertiary/aromatic N) is 4. The average Bonchev–Trinajstić information content (AvgIpc) is 3.33. The van der Waals surface area contributed by atoms with Crippen molar-refractivity contribution < 1.29 is 13.2 Å². The maximum Gasteiger partial charge on any atom is 0.261 e. The maximum absolute atomic E-state index is 12.5. The van der Waals surface area contributed by atoms with E-state index in [9.17, 15) is 13.2 Å². The van der Waals surface area contributed by atoms with Crippen LogP contribution in [0.4, 0.5) is 0 Å². The Hall–Kier alpha value is -3.11. The van der Waals surface area contributed by atoms with E-state index in [2.05, 4.69) is 20.4 Å². The zero-order valence-corrected chi connectivity index (χ0v) is 16.4. The molecule has 0 saturated heterocycles. The van der Waals surface area contributed by atoms with Crippen LogP contribution < -0.4 is 5.32 Å². The van der Waals surface area contributed by atoms with E-state index in [-0.39, 0.29) is 22.2 Å². The number of pyridine rings is 2. The molecule has 0 spiro atoms. The van der Waals surface area contributed by atoms with Crippen LogP contribution in [-0.2, 0) is 23.4 Å². The minimum absolute atomic E-state index is 0.0765. The fourth-order valence-electron chi connectivity index (χ4n) is 2.60. The van der Waals surface area contributed by atoms with Crippen molar-refractivity contribution in [1.29, 1.82) is 0 Å². The van der Waals surface area contributed by atoms with Crippen molar-refractivity contribution in [3.63, 3.8) is 0 Å². The summed E-state index contributed by atoms with van der Waals surface area (Å²) in [7, 11) is -2.01. The van der Waals surface area contributed by atoms with Crippen molar-refractivity contribution in [2.24, 2.45) is 7.05 Å². The van der Waals surface area contributed by atoms with Gasteiger partial charge in [-0.25, -0.2) is 8.42 Å². The molecule has 0 aliphatic carbocycles. The number of rotatable bonds is 5. The molecule has 0 atom stereocenters. The van der Waals surface area contributed by atoms with Crippen molar-refractivity contribution in [2.75, 3.05) is 0 Å². The third-order valence-corrected chi connectivity index (χ3v) is 6.85. The third kappa shape index (κ3) is 3.51. The molecule has 4 aromatic heterocycles. The van der Waals surface area contributed by atoms with Crippen LogP contribution in [0.5, 0.6) is 0 Å². The van der Waals surface area contributed by atoms with Crippen LogP contribution in [0.15, 0.2) is 65.0 Å². The summed E-state index contributed by atoms with van der Waals surface area (Å²) in [5.41, 5.74) is 0.557. The zero-order valence-electron chi connectivity index (χ0n) is 14.7. The predicted molar refractivity (Wildman–Crippen MR) is 104 cm³/mol. The second kappa shape index (κ2) is 7.13. The molecule has 28 heavy (non-hydrogen) atoms. The van der Waals surface area contributed by atoms with Gasteiger partial charge in [0.05, 0.1) is 32.9 Å². The molecule has 4 rings (SSSR count). The van der Waals surface area contributed by atoms with Gasteiger partial charge < -0.3 is 5.32 Å². The van der Waals surface area contributed by atoms with Crippen molar-refractivity contribution >= 4 is 37.2 Å². The number of aryl methyl sites for hydroxylation is 1. The first kappa shape index (κ1) is 18.3. The van der Waals surface area contributed by atoms with Gasteiger partial charge in [-0.1, -0.05) is 0 Å². The Kier molecular flexibility index (Phi) is 4.65. The van der Waals surface area contributed by atoms with Gasteiger partial charge in [-0.2, -0.15) is 5.10 Å². The molecule has 0 unspecified atom stereocenters. The highest BCUT2D eigenvalue weighted by atomic mass is 32.2. The van der Waals surface area contributed by atoms with Crippen LogP contribution in [-0.4, -0.2) is 34.1 Å². The SMILES string of the molecule is Cn1cc(S(=O)(=O)c2ccc(CNC(=O)c3cc4ccncc4s3)nc2)cn1. The van der Waals surface area contributed by atoms with Crippen LogP contribution in [0.2, 0.25) is 0 Å². The molecular weight excluding hydrogens is 398 g/mol. The lowest BCUT2D eigenvalue weighted by Crippen LogP contribution is -2.22. The minimum atomic E-state index is -3.66. The number of fused-ring (bicyclic) bond motifs is 1. The van der Waals surface area contributed by atoms with E-state index >= 15 is 0 Å². The van der Waals surface area contributed by atoms with Gasteiger partial charge in [0.1, 0.15) is 4.90 Å². The third-order valence-electron chi connectivity index (χ3n) is 4.08. The van der Waals surface area contributed by atoms with Gasteiger partial charge in [0.25, 0.3) is 5.91 Å². The van der Waals surface area contributed by atoms with E-state index in [0.29, 0.717) is 10.6 Å². The number of amides is 1. The molecule has 0 bridgehead atoms. The summed E-state index contributed by atoms with van der Waals surface area (Å²) < 4.78 is 27.4. The van der Waals surface area contributed by atoms with E-state index in [4.69, 9.17) is 0 Å². The summed E-state index contributed by atoms with van der Waals surface area (Å²) in [5, 5.41) is 7.65. The van der Waals surface area contributed by atoms with Crippen LogP contribution in [0.25, 0.3) is 10.1 Å². The topological polar surface area (TPSA) is 107 Å². The van der Waals surface area contributed by atoms with Gasteiger partial charge >= 0.3 is 0 Å². The first-order chi connectivity index (χ1) is 13.4. The van der Waals surface area contributed by atoms with Gasteiger partial charge in [0.2, 0.25) is 9.84 Å². The number of sulfone groups is 1. The fraction of sp³-hybridized carbons (Fsp3) is 0.111. The molecule has 1 N–H and O–H groups in total. The Balaban J connectivity index is 1.45. The summed E-state index contributed by atoms with van der Waals surface area (Å²) in [4.78, 5) is 21.3. The molecule has 4 aromatic rings. The molecule has 0 fully saturated rings. The number of hydrogen-bond acceptors (Lipinski definition) is 7.